The molecular weight excluding hydrogens is 304 g/mol. The van der Waals surface area contributed by atoms with E-state index in [1.165, 1.54) is 19.2 Å². The molecule has 0 radical (unpaired) electrons. The fraction of sp³-hybridized carbons (Fsp3) is 0.167. The molecule has 6 nitrogen and oxygen atoms in total. The van der Waals surface area contributed by atoms with Crippen molar-refractivity contribution < 1.29 is 21.9 Å². The number of benzene rings is 1. The maximum Gasteiger partial charge on any atom is 0.255 e. The summed E-state index contributed by atoms with van der Waals surface area (Å²) in [6, 6.07) is 3.81. The Labute approximate surface area is 119 Å². The summed E-state index contributed by atoms with van der Waals surface area (Å²) in [6.45, 7) is 0. The van der Waals surface area contributed by atoms with Crippen LogP contribution in [0.4, 0.5) is 20.4 Å². The van der Waals surface area contributed by atoms with Crippen LogP contribution in [-0.2, 0) is 9.84 Å². The molecule has 0 bridgehead atoms. The van der Waals surface area contributed by atoms with Crippen LogP contribution in [-0.4, -0.2) is 31.8 Å². The first-order valence-corrected chi connectivity index (χ1v) is 7.54. The molecule has 2 rings (SSSR count). The van der Waals surface area contributed by atoms with Gasteiger partial charge in [0.1, 0.15) is 4.90 Å². The molecule has 1 aromatic heterocycles. The molecule has 0 atom stereocenters. The highest BCUT2D eigenvalue weighted by Crippen LogP contribution is 2.24. The van der Waals surface area contributed by atoms with Crippen molar-refractivity contribution in [1.29, 1.82) is 0 Å². The fourth-order valence-electron chi connectivity index (χ4n) is 1.57. The second-order valence-corrected chi connectivity index (χ2v) is 6.05. The molecule has 1 heterocycles. The zero-order valence-electron chi connectivity index (χ0n) is 11.1. The summed E-state index contributed by atoms with van der Waals surface area (Å²) in [5.41, 5.74) is -0.147. The maximum absolute atomic E-state index is 14.1. The highest BCUT2D eigenvalue weighted by Gasteiger charge is 2.17. The summed E-state index contributed by atoms with van der Waals surface area (Å²) in [4.78, 5) is 6.85. The minimum Gasteiger partial charge on any atom is -0.479 e. The van der Waals surface area contributed by atoms with Crippen LogP contribution in [0.3, 0.4) is 0 Å². The number of methoxy groups -OCH3 is 1. The summed E-state index contributed by atoms with van der Waals surface area (Å²) in [7, 11) is -2.49. The Morgan fingerprint density at radius 3 is 2.62 bits per heavy atom. The smallest absolute Gasteiger partial charge is 0.255 e. The third-order valence-corrected chi connectivity index (χ3v) is 3.63. The third kappa shape index (κ3) is 3.24. The third-order valence-electron chi connectivity index (χ3n) is 2.51. The molecule has 0 aliphatic rings. The van der Waals surface area contributed by atoms with Gasteiger partial charge in [0.05, 0.1) is 19.0 Å². The van der Waals surface area contributed by atoms with E-state index in [4.69, 9.17) is 0 Å². The van der Waals surface area contributed by atoms with E-state index in [0.29, 0.717) is 0 Å². The molecule has 21 heavy (non-hydrogen) atoms. The number of ether oxygens (including phenoxy) is 1. The van der Waals surface area contributed by atoms with Gasteiger partial charge >= 0.3 is 0 Å². The van der Waals surface area contributed by atoms with E-state index in [9.17, 15) is 17.2 Å². The van der Waals surface area contributed by atoms with E-state index >= 15 is 0 Å². The first-order chi connectivity index (χ1) is 9.82. The molecule has 0 saturated heterocycles. The van der Waals surface area contributed by atoms with E-state index in [0.717, 1.165) is 18.5 Å². The number of sulfone groups is 1. The van der Waals surface area contributed by atoms with E-state index in [1.54, 1.807) is 0 Å². The Morgan fingerprint density at radius 2 is 2.00 bits per heavy atom. The summed E-state index contributed by atoms with van der Waals surface area (Å²) in [6.07, 6.45) is 1.75. The lowest BCUT2D eigenvalue weighted by Gasteiger charge is -2.09. The second-order valence-electron chi connectivity index (χ2n) is 4.07. The molecule has 0 amide bonds. The number of rotatable bonds is 4. The molecule has 0 spiro atoms. The molecule has 9 heteroatoms. The van der Waals surface area contributed by atoms with Crippen LogP contribution in [0.25, 0.3) is 0 Å². The highest BCUT2D eigenvalue weighted by atomic mass is 32.2. The van der Waals surface area contributed by atoms with Crippen molar-refractivity contribution in [1.82, 2.24) is 9.97 Å². The summed E-state index contributed by atoms with van der Waals surface area (Å²) in [5, 5.41) is 2.48. The van der Waals surface area contributed by atoms with Crippen LogP contribution < -0.4 is 10.1 Å². The number of hydrogen-bond acceptors (Lipinski definition) is 6. The molecule has 0 fully saturated rings. The first-order valence-electron chi connectivity index (χ1n) is 5.65. The van der Waals surface area contributed by atoms with Gasteiger partial charge in [-0.15, -0.1) is 0 Å². The average molecular weight is 315 g/mol. The molecule has 0 unspecified atom stereocenters. The van der Waals surface area contributed by atoms with Crippen LogP contribution in [0.2, 0.25) is 0 Å². The predicted molar refractivity (Wildman–Crippen MR) is 71.3 cm³/mol. The second kappa shape index (κ2) is 5.60. The molecule has 2 aromatic rings. The SMILES string of the molecule is COc1nc(Nc2cccc(S(C)(=O)=O)c2F)ncc1F. The van der Waals surface area contributed by atoms with Crippen LogP contribution in [0, 0.1) is 11.6 Å². The average Bonchev–Trinajstić information content (AvgIpc) is 2.42. The lowest BCUT2D eigenvalue weighted by atomic mass is 10.3. The standard InChI is InChI=1S/C12H11F2N3O3S/c1-20-11-7(13)6-15-12(17-11)16-8-4-3-5-9(10(8)14)21(2,18)19/h3-6H,1-2H3,(H,15,16,17). The summed E-state index contributed by atoms with van der Waals surface area (Å²) >= 11 is 0. The van der Waals surface area contributed by atoms with E-state index < -0.39 is 26.4 Å². The van der Waals surface area contributed by atoms with Crippen molar-refractivity contribution in [2.24, 2.45) is 0 Å². The Morgan fingerprint density at radius 1 is 1.29 bits per heavy atom. The van der Waals surface area contributed by atoms with Crippen molar-refractivity contribution in [2.45, 2.75) is 4.90 Å². The van der Waals surface area contributed by atoms with Gasteiger partial charge in [0.2, 0.25) is 11.8 Å². The largest absolute Gasteiger partial charge is 0.479 e. The molecule has 0 saturated carbocycles. The van der Waals surface area contributed by atoms with Crippen LogP contribution in [0.5, 0.6) is 5.88 Å². The molecule has 1 aromatic carbocycles. The van der Waals surface area contributed by atoms with Gasteiger partial charge in [-0.3, -0.25) is 0 Å². The Hall–Kier alpha value is -2.29. The topological polar surface area (TPSA) is 81.2 Å². The van der Waals surface area contributed by atoms with Crippen molar-refractivity contribution in [3.8, 4) is 5.88 Å². The Kier molecular flexibility index (Phi) is 4.03. The zero-order valence-corrected chi connectivity index (χ0v) is 11.9. The van der Waals surface area contributed by atoms with Crippen molar-refractivity contribution in [2.75, 3.05) is 18.7 Å². The monoisotopic (exact) mass is 315 g/mol. The molecular formula is C12H11F2N3O3S. The highest BCUT2D eigenvalue weighted by molar-refractivity contribution is 7.90. The number of anilines is 2. The van der Waals surface area contributed by atoms with Gasteiger partial charge in [-0.1, -0.05) is 6.07 Å². The van der Waals surface area contributed by atoms with Gasteiger partial charge in [0, 0.05) is 6.26 Å². The van der Waals surface area contributed by atoms with Gasteiger partial charge in [0.25, 0.3) is 5.88 Å². The number of hydrogen-bond donors (Lipinski definition) is 1. The van der Waals surface area contributed by atoms with Crippen LogP contribution >= 0.6 is 0 Å². The molecule has 1 N–H and O–H groups in total. The van der Waals surface area contributed by atoms with Gasteiger partial charge < -0.3 is 10.1 Å². The number of nitrogens with zero attached hydrogens (tertiary/aromatic N) is 2. The van der Waals surface area contributed by atoms with Crippen molar-refractivity contribution in [3.63, 3.8) is 0 Å². The van der Waals surface area contributed by atoms with Gasteiger partial charge in [-0.25, -0.2) is 17.8 Å². The van der Waals surface area contributed by atoms with Crippen LogP contribution in [0.1, 0.15) is 0 Å². The minimum atomic E-state index is -3.71. The van der Waals surface area contributed by atoms with E-state index in [2.05, 4.69) is 20.0 Å². The number of halogens is 2. The zero-order chi connectivity index (χ0) is 15.6. The molecule has 112 valence electrons. The number of aromatic nitrogens is 2. The van der Waals surface area contributed by atoms with Gasteiger partial charge in [-0.2, -0.15) is 9.37 Å². The lowest BCUT2D eigenvalue weighted by Crippen LogP contribution is -2.06. The summed E-state index contributed by atoms with van der Waals surface area (Å²) in [5.74, 6) is -2.18. The predicted octanol–water partition coefficient (Wildman–Crippen LogP) is 1.91. The lowest BCUT2D eigenvalue weighted by molar-refractivity contribution is 0.368. The maximum atomic E-state index is 14.1. The summed E-state index contributed by atoms with van der Waals surface area (Å²) < 4.78 is 54.8. The Bertz CT molecular complexity index is 781. The van der Waals surface area contributed by atoms with Gasteiger partial charge in [0.15, 0.2) is 15.7 Å². The quantitative estimate of drug-likeness (QED) is 0.928. The van der Waals surface area contributed by atoms with E-state index in [-0.39, 0.29) is 17.5 Å². The molecule has 0 aliphatic heterocycles. The Balaban J connectivity index is 2.41. The normalized spacial score (nSPS) is 11.2. The van der Waals surface area contributed by atoms with E-state index in [1.807, 2.05) is 0 Å². The first kappa shape index (κ1) is 15.1. The van der Waals surface area contributed by atoms with Crippen molar-refractivity contribution >= 4 is 21.5 Å². The van der Waals surface area contributed by atoms with Gasteiger partial charge in [-0.05, 0) is 12.1 Å². The number of nitrogens with one attached hydrogen (secondary N) is 1. The van der Waals surface area contributed by atoms with Crippen molar-refractivity contribution in [3.05, 3.63) is 36.0 Å². The fourth-order valence-corrected chi connectivity index (χ4v) is 2.33. The molecule has 0 aliphatic carbocycles. The van der Waals surface area contributed by atoms with Crippen LogP contribution in [0.15, 0.2) is 29.3 Å². The minimum absolute atomic E-state index is 0.127.